The molecule has 0 saturated carbocycles. The third-order valence-corrected chi connectivity index (χ3v) is 4.60. The highest BCUT2D eigenvalue weighted by Crippen LogP contribution is 2.28. The molecule has 5 nitrogen and oxygen atoms in total. The molecule has 0 aliphatic carbocycles. The summed E-state index contributed by atoms with van der Waals surface area (Å²) < 4.78 is 0. The maximum atomic E-state index is 10.8. The summed E-state index contributed by atoms with van der Waals surface area (Å²) in [4.78, 5) is 12.8. The van der Waals surface area contributed by atoms with Gasteiger partial charge in [-0.15, -0.1) is 12.4 Å². The average molecular weight is 348 g/mol. The topological polar surface area (TPSA) is 72.4 Å². The molecule has 24 heavy (non-hydrogen) atoms. The zero-order valence-corrected chi connectivity index (χ0v) is 14.4. The second-order valence-corrected chi connectivity index (χ2v) is 6.24. The molecule has 2 N–H and O–H groups in total. The van der Waals surface area contributed by atoms with Gasteiger partial charge in [0, 0.05) is 43.7 Å². The highest BCUT2D eigenvalue weighted by molar-refractivity contribution is 5.85. The standard InChI is InChI=1S/C18H21N3O2.ClH/c1-13-9-16(21(22)23)8-7-15(13)10-20-11-17(18(19)12-20)14-5-3-2-4-6-14;/h2-9,17-18H,10-12,19H2,1H3;1H/t17-,18+;/m0./s1. The van der Waals surface area contributed by atoms with Crippen molar-refractivity contribution in [3.63, 3.8) is 0 Å². The fourth-order valence-electron chi connectivity index (χ4n) is 3.31. The number of halogens is 1. The van der Waals surface area contributed by atoms with E-state index in [0.29, 0.717) is 5.92 Å². The van der Waals surface area contributed by atoms with Gasteiger partial charge in [-0.1, -0.05) is 36.4 Å². The summed E-state index contributed by atoms with van der Waals surface area (Å²) in [7, 11) is 0. The van der Waals surface area contributed by atoms with E-state index in [1.165, 1.54) is 5.56 Å². The van der Waals surface area contributed by atoms with Gasteiger partial charge in [-0.2, -0.15) is 0 Å². The lowest BCUT2D eigenvalue weighted by molar-refractivity contribution is -0.384. The molecule has 6 heteroatoms. The fourth-order valence-corrected chi connectivity index (χ4v) is 3.31. The van der Waals surface area contributed by atoms with E-state index in [0.717, 1.165) is 30.8 Å². The van der Waals surface area contributed by atoms with E-state index >= 15 is 0 Å². The van der Waals surface area contributed by atoms with E-state index < -0.39 is 0 Å². The van der Waals surface area contributed by atoms with E-state index in [-0.39, 0.29) is 29.1 Å². The van der Waals surface area contributed by atoms with Crippen LogP contribution >= 0.6 is 12.4 Å². The third-order valence-electron chi connectivity index (χ3n) is 4.60. The first-order chi connectivity index (χ1) is 11.0. The number of rotatable bonds is 4. The molecule has 1 aliphatic rings. The second kappa shape index (κ2) is 7.75. The van der Waals surface area contributed by atoms with E-state index in [1.54, 1.807) is 12.1 Å². The lowest BCUT2D eigenvalue weighted by atomic mass is 9.95. The number of hydrogen-bond acceptors (Lipinski definition) is 4. The minimum atomic E-state index is -0.353. The minimum Gasteiger partial charge on any atom is -0.326 e. The first-order valence-corrected chi connectivity index (χ1v) is 7.81. The Hall–Kier alpha value is -1.95. The van der Waals surface area contributed by atoms with Crippen molar-refractivity contribution in [3.8, 4) is 0 Å². The number of likely N-dealkylation sites (tertiary alicyclic amines) is 1. The minimum absolute atomic E-state index is 0. The maximum absolute atomic E-state index is 10.8. The quantitative estimate of drug-likeness (QED) is 0.680. The number of benzene rings is 2. The predicted molar refractivity (Wildman–Crippen MR) is 97.5 cm³/mol. The lowest BCUT2D eigenvalue weighted by Crippen LogP contribution is -2.28. The molecule has 0 radical (unpaired) electrons. The monoisotopic (exact) mass is 347 g/mol. The van der Waals surface area contributed by atoms with Crippen LogP contribution in [0, 0.1) is 17.0 Å². The van der Waals surface area contributed by atoms with Gasteiger partial charge in [-0.3, -0.25) is 15.0 Å². The van der Waals surface area contributed by atoms with Crippen molar-refractivity contribution >= 4 is 18.1 Å². The van der Waals surface area contributed by atoms with Crippen LogP contribution in [0.5, 0.6) is 0 Å². The molecule has 2 atom stereocenters. The number of nitro groups is 1. The molecule has 0 bridgehead atoms. The highest BCUT2D eigenvalue weighted by atomic mass is 35.5. The third kappa shape index (κ3) is 3.93. The molecular formula is C18H22ClN3O2. The zero-order chi connectivity index (χ0) is 16.4. The van der Waals surface area contributed by atoms with Gasteiger partial charge < -0.3 is 5.73 Å². The van der Waals surface area contributed by atoms with Crippen molar-refractivity contribution < 1.29 is 4.92 Å². The molecule has 3 rings (SSSR count). The van der Waals surface area contributed by atoms with Crippen molar-refractivity contribution in [2.24, 2.45) is 5.73 Å². The van der Waals surface area contributed by atoms with E-state index in [9.17, 15) is 10.1 Å². The molecule has 0 aromatic heterocycles. The van der Waals surface area contributed by atoms with Crippen molar-refractivity contribution in [2.45, 2.75) is 25.4 Å². The predicted octanol–water partition coefficient (Wildman–Crippen LogP) is 3.25. The summed E-state index contributed by atoms with van der Waals surface area (Å²) in [5.41, 5.74) is 9.83. The number of nitrogens with zero attached hydrogens (tertiary/aromatic N) is 2. The first-order valence-electron chi connectivity index (χ1n) is 7.81. The van der Waals surface area contributed by atoms with Crippen LogP contribution in [0.2, 0.25) is 0 Å². The van der Waals surface area contributed by atoms with Crippen molar-refractivity contribution in [3.05, 3.63) is 75.3 Å². The molecule has 1 fully saturated rings. The maximum Gasteiger partial charge on any atom is 0.269 e. The summed E-state index contributed by atoms with van der Waals surface area (Å²) in [5.74, 6) is 0.342. The number of aryl methyl sites for hydroxylation is 1. The van der Waals surface area contributed by atoms with Crippen LogP contribution in [-0.4, -0.2) is 29.0 Å². The summed E-state index contributed by atoms with van der Waals surface area (Å²) in [6.07, 6.45) is 0. The number of non-ortho nitro benzene ring substituents is 1. The normalized spacial score (nSPS) is 20.6. The van der Waals surface area contributed by atoms with Crippen LogP contribution in [0.1, 0.15) is 22.6 Å². The molecule has 2 aromatic rings. The van der Waals surface area contributed by atoms with Gasteiger partial charge in [0.05, 0.1) is 4.92 Å². The van der Waals surface area contributed by atoms with Gasteiger partial charge in [0.25, 0.3) is 5.69 Å². The second-order valence-electron chi connectivity index (χ2n) is 6.24. The highest BCUT2D eigenvalue weighted by Gasteiger charge is 2.31. The molecule has 1 heterocycles. The van der Waals surface area contributed by atoms with Gasteiger partial charge in [-0.25, -0.2) is 0 Å². The van der Waals surface area contributed by atoms with Gasteiger partial charge in [-0.05, 0) is 23.6 Å². The zero-order valence-electron chi connectivity index (χ0n) is 13.6. The Bertz CT molecular complexity index is 709. The number of nitro benzene ring substituents is 1. The summed E-state index contributed by atoms with van der Waals surface area (Å²) in [5, 5.41) is 10.8. The fraction of sp³-hybridized carbons (Fsp3) is 0.333. The van der Waals surface area contributed by atoms with E-state index in [1.807, 2.05) is 31.2 Å². The average Bonchev–Trinajstić information content (AvgIpc) is 2.90. The van der Waals surface area contributed by atoms with Gasteiger partial charge in [0.15, 0.2) is 0 Å². The summed E-state index contributed by atoms with van der Waals surface area (Å²) in [6, 6.07) is 15.6. The van der Waals surface area contributed by atoms with Gasteiger partial charge in [0.1, 0.15) is 0 Å². The number of hydrogen-bond donors (Lipinski definition) is 1. The Morgan fingerprint density at radius 2 is 1.92 bits per heavy atom. The van der Waals surface area contributed by atoms with Gasteiger partial charge in [0.2, 0.25) is 0 Å². The van der Waals surface area contributed by atoms with Crippen LogP contribution in [0.15, 0.2) is 48.5 Å². The molecule has 128 valence electrons. The largest absolute Gasteiger partial charge is 0.326 e. The Morgan fingerprint density at radius 3 is 2.54 bits per heavy atom. The molecule has 0 unspecified atom stereocenters. The van der Waals surface area contributed by atoms with Crippen LogP contribution in [0.25, 0.3) is 0 Å². The Labute approximate surface area is 148 Å². The Kier molecular flexibility index (Phi) is 5.94. The lowest BCUT2D eigenvalue weighted by Gasteiger charge is -2.17. The molecule has 1 aliphatic heterocycles. The first kappa shape index (κ1) is 18.4. The summed E-state index contributed by atoms with van der Waals surface area (Å²) >= 11 is 0. The number of nitrogens with two attached hydrogens (primary N) is 1. The van der Waals surface area contributed by atoms with Crippen molar-refractivity contribution in [1.82, 2.24) is 4.90 Å². The summed E-state index contributed by atoms with van der Waals surface area (Å²) in [6.45, 7) is 4.46. The van der Waals surface area contributed by atoms with Crippen LogP contribution < -0.4 is 5.73 Å². The van der Waals surface area contributed by atoms with Crippen LogP contribution in [0.3, 0.4) is 0 Å². The Morgan fingerprint density at radius 1 is 1.21 bits per heavy atom. The Balaban J connectivity index is 0.00000208. The van der Waals surface area contributed by atoms with E-state index in [4.69, 9.17) is 5.73 Å². The molecule has 0 spiro atoms. The van der Waals surface area contributed by atoms with Crippen molar-refractivity contribution in [1.29, 1.82) is 0 Å². The van der Waals surface area contributed by atoms with Crippen molar-refractivity contribution in [2.75, 3.05) is 13.1 Å². The smallest absolute Gasteiger partial charge is 0.269 e. The van der Waals surface area contributed by atoms with E-state index in [2.05, 4.69) is 17.0 Å². The SMILES string of the molecule is Cc1cc([N+](=O)[O-])ccc1CN1C[C@@H](N)[C@H](c2ccccc2)C1.Cl. The molecule has 0 amide bonds. The van der Waals surface area contributed by atoms with Gasteiger partial charge >= 0.3 is 0 Å². The molecular weight excluding hydrogens is 326 g/mol. The van der Waals surface area contributed by atoms with Crippen LogP contribution in [-0.2, 0) is 6.54 Å². The molecule has 2 aromatic carbocycles. The van der Waals surface area contributed by atoms with Crippen LogP contribution in [0.4, 0.5) is 5.69 Å². The molecule has 1 saturated heterocycles.